The molecule has 0 spiro atoms. The number of hydrogen-bond donors (Lipinski definition) is 0. The first-order valence-corrected chi connectivity index (χ1v) is 5.72. The predicted molar refractivity (Wildman–Crippen MR) is 57.6 cm³/mol. The van der Waals surface area contributed by atoms with Crippen molar-refractivity contribution >= 4 is 11.6 Å². The van der Waals surface area contributed by atoms with E-state index in [1.807, 2.05) is 0 Å². The van der Waals surface area contributed by atoms with Gasteiger partial charge in [-0.05, 0) is 12.3 Å². The van der Waals surface area contributed by atoms with E-state index in [0.717, 1.165) is 5.88 Å². The minimum absolute atomic E-state index is 0.745. The molecule has 1 radical (unpaired) electrons. The van der Waals surface area contributed by atoms with Crippen molar-refractivity contribution in [2.45, 2.75) is 58.8 Å². The van der Waals surface area contributed by atoms with E-state index in [-0.39, 0.29) is 0 Å². The maximum absolute atomic E-state index is 5.68. The van der Waals surface area contributed by atoms with Gasteiger partial charge in [-0.3, -0.25) is 0 Å². The highest BCUT2D eigenvalue weighted by Crippen LogP contribution is 2.14. The molecule has 0 bridgehead atoms. The van der Waals surface area contributed by atoms with Crippen molar-refractivity contribution in [1.82, 2.24) is 0 Å². The topological polar surface area (TPSA) is 0 Å². The van der Waals surface area contributed by atoms with Gasteiger partial charge in [0.05, 0.1) is 0 Å². The highest BCUT2D eigenvalue weighted by atomic mass is 35.5. The van der Waals surface area contributed by atoms with Crippen LogP contribution in [0.1, 0.15) is 58.8 Å². The van der Waals surface area contributed by atoms with Gasteiger partial charge in [-0.2, -0.15) is 0 Å². The molecule has 0 unspecified atom stereocenters. The third kappa shape index (κ3) is 8.39. The maximum Gasteiger partial charge on any atom is 0.0282 e. The van der Waals surface area contributed by atoms with E-state index in [2.05, 4.69) is 13.8 Å². The van der Waals surface area contributed by atoms with Crippen LogP contribution in [0.3, 0.4) is 0 Å². The molecule has 0 aliphatic rings. The van der Waals surface area contributed by atoms with Gasteiger partial charge in [0.1, 0.15) is 0 Å². The molecule has 0 N–H and O–H groups in total. The van der Waals surface area contributed by atoms with Gasteiger partial charge >= 0.3 is 0 Å². The average Bonchev–Trinajstić information content (AvgIpc) is 2.10. The van der Waals surface area contributed by atoms with Gasteiger partial charge in [-0.25, -0.2) is 0 Å². The number of rotatable bonds is 8. The number of hydrogen-bond acceptors (Lipinski definition) is 0. The zero-order valence-corrected chi connectivity index (χ0v) is 9.29. The van der Waals surface area contributed by atoms with Crippen LogP contribution in [-0.4, -0.2) is 5.88 Å². The summed E-state index contributed by atoms with van der Waals surface area (Å²) in [6.07, 6.45) is 9.51. The molecule has 0 nitrogen and oxygen atoms in total. The molecule has 0 aromatic carbocycles. The second-order valence-electron chi connectivity index (χ2n) is 3.61. The van der Waals surface area contributed by atoms with Gasteiger partial charge in [0, 0.05) is 5.88 Å². The summed E-state index contributed by atoms with van der Waals surface area (Å²) in [4.78, 5) is 0. The van der Waals surface area contributed by atoms with Crippen molar-refractivity contribution in [2.75, 3.05) is 5.88 Å². The van der Waals surface area contributed by atoms with Crippen molar-refractivity contribution in [2.24, 2.45) is 0 Å². The van der Waals surface area contributed by atoms with Crippen LogP contribution < -0.4 is 0 Å². The second-order valence-corrected chi connectivity index (χ2v) is 3.88. The summed E-state index contributed by atoms with van der Waals surface area (Å²) in [7, 11) is 0. The largest absolute Gasteiger partial charge is 0.126 e. The van der Waals surface area contributed by atoms with Crippen molar-refractivity contribution in [3.63, 3.8) is 0 Å². The molecular formula is C11H22Cl. The van der Waals surface area contributed by atoms with E-state index < -0.39 is 0 Å². The van der Waals surface area contributed by atoms with E-state index >= 15 is 0 Å². The van der Waals surface area contributed by atoms with Crippen LogP contribution in [0, 0.1) is 5.92 Å². The summed E-state index contributed by atoms with van der Waals surface area (Å²) < 4.78 is 0. The molecule has 0 aliphatic carbocycles. The quantitative estimate of drug-likeness (QED) is 0.388. The monoisotopic (exact) mass is 189 g/mol. The first-order chi connectivity index (χ1) is 5.81. The zero-order chi connectivity index (χ0) is 9.23. The third-order valence-electron chi connectivity index (χ3n) is 2.19. The molecule has 12 heavy (non-hydrogen) atoms. The van der Waals surface area contributed by atoms with Crippen LogP contribution >= 0.6 is 11.6 Å². The summed E-state index contributed by atoms with van der Waals surface area (Å²) in [6.45, 7) is 4.41. The van der Waals surface area contributed by atoms with Gasteiger partial charge in [0.25, 0.3) is 0 Å². The number of alkyl halides is 1. The molecule has 0 atom stereocenters. The molecule has 0 amide bonds. The SMILES string of the molecule is CCCCCCCC[C](C)CCl. The molecule has 0 saturated heterocycles. The molecule has 0 rings (SSSR count). The molecule has 73 valence electrons. The summed E-state index contributed by atoms with van der Waals surface area (Å²) >= 11 is 5.68. The average molecular weight is 190 g/mol. The van der Waals surface area contributed by atoms with E-state index in [1.165, 1.54) is 50.9 Å². The first-order valence-electron chi connectivity index (χ1n) is 5.18. The highest BCUT2D eigenvalue weighted by Gasteiger charge is 1.99. The van der Waals surface area contributed by atoms with E-state index in [0.29, 0.717) is 0 Å². The molecule has 0 fully saturated rings. The lowest BCUT2D eigenvalue weighted by Gasteiger charge is -2.05. The van der Waals surface area contributed by atoms with E-state index in [1.54, 1.807) is 0 Å². The number of unbranched alkanes of at least 4 members (excludes halogenated alkanes) is 5. The van der Waals surface area contributed by atoms with Crippen LogP contribution in [0.15, 0.2) is 0 Å². The Bertz CT molecular complexity index is 81.1. The minimum atomic E-state index is 0.745. The minimum Gasteiger partial charge on any atom is -0.126 e. The first kappa shape index (κ1) is 12.3. The smallest absolute Gasteiger partial charge is 0.0282 e. The fraction of sp³-hybridized carbons (Fsp3) is 0.909. The van der Waals surface area contributed by atoms with Crippen LogP contribution in [-0.2, 0) is 0 Å². The Morgan fingerprint density at radius 3 is 2.17 bits per heavy atom. The molecule has 0 heterocycles. The van der Waals surface area contributed by atoms with Gasteiger partial charge in [-0.1, -0.05) is 52.4 Å². The normalized spacial score (nSPS) is 11.0. The Balaban J connectivity index is 2.90. The lowest BCUT2D eigenvalue weighted by molar-refractivity contribution is 0.595. The van der Waals surface area contributed by atoms with Crippen molar-refractivity contribution in [3.05, 3.63) is 5.92 Å². The maximum atomic E-state index is 5.68. The predicted octanol–water partition coefficient (Wildman–Crippen LogP) is 4.57. The van der Waals surface area contributed by atoms with Crippen LogP contribution in [0.2, 0.25) is 0 Å². The fourth-order valence-electron chi connectivity index (χ4n) is 1.27. The zero-order valence-electron chi connectivity index (χ0n) is 8.53. The highest BCUT2D eigenvalue weighted by molar-refractivity contribution is 6.19. The van der Waals surface area contributed by atoms with Gasteiger partial charge in [0.15, 0.2) is 0 Å². The Morgan fingerprint density at radius 1 is 1.00 bits per heavy atom. The molecule has 0 aromatic heterocycles. The lowest BCUT2D eigenvalue weighted by Crippen LogP contribution is -1.92. The fourth-order valence-corrected chi connectivity index (χ4v) is 1.41. The number of halogens is 1. The Morgan fingerprint density at radius 2 is 1.58 bits per heavy atom. The molecule has 1 heteroatoms. The van der Waals surface area contributed by atoms with Crippen LogP contribution in [0.4, 0.5) is 0 Å². The van der Waals surface area contributed by atoms with Gasteiger partial charge in [0.2, 0.25) is 0 Å². The van der Waals surface area contributed by atoms with Crippen LogP contribution in [0.5, 0.6) is 0 Å². The molecule has 0 aliphatic heterocycles. The van der Waals surface area contributed by atoms with Crippen molar-refractivity contribution in [3.8, 4) is 0 Å². The molecule has 0 aromatic rings. The standard InChI is InChI=1S/C11H22Cl/c1-3-4-5-6-7-8-9-11(2)10-12/h3-10H2,1-2H3. The Kier molecular flexibility index (Phi) is 9.61. The molecular weight excluding hydrogens is 168 g/mol. The summed E-state index contributed by atoms with van der Waals surface area (Å²) in [5.74, 6) is 2.18. The van der Waals surface area contributed by atoms with Crippen molar-refractivity contribution in [1.29, 1.82) is 0 Å². The van der Waals surface area contributed by atoms with E-state index in [4.69, 9.17) is 11.6 Å². The van der Waals surface area contributed by atoms with Gasteiger partial charge in [-0.15, -0.1) is 11.6 Å². The van der Waals surface area contributed by atoms with Crippen molar-refractivity contribution < 1.29 is 0 Å². The van der Waals surface area contributed by atoms with Gasteiger partial charge < -0.3 is 0 Å². The van der Waals surface area contributed by atoms with E-state index in [9.17, 15) is 0 Å². The summed E-state index contributed by atoms with van der Waals surface area (Å²) in [5.41, 5.74) is 0. The Hall–Kier alpha value is 0.290. The Labute approximate surface area is 82.7 Å². The van der Waals surface area contributed by atoms with Crippen LogP contribution in [0.25, 0.3) is 0 Å². The summed E-state index contributed by atoms with van der Waals surface area (Å²) in [5, 5.41) is 0. The second kappa shape index (κ2) is 9.38. The lowest BCUT2D eigenvalue weighted by atomic mass is 10.0. The summed E-state index contributed by atoms with van der Waals surface area (Å²) in [6, 6.07) is 0. The third-order valence-corrected chi connectivity index (χ3v) is 2.64. The molecule has 0 saturated carbocycles.